The monoisotopic (exact) mass is 516 g/mol. The zero-order valence-corrected chi connectivity index (χ0v) is 23.4. The molecule has 204 valence electrons. The predicted molar refractivity (Wildman–Crippen MR) is 154 cm³/mol. The third-order valence-electron chi connectivity index (χ3n) is 7.16. The van der Waals surface area contributed by atoms with E-state index in [1.807, 2.05) is 30.6 Å². The molecule has 0 spiro atoms. The van der Waals surface area contributed by atoms with Crippen LogP contribution in [0.2, 0.25) is 0 Å². The number of rotatable bonds is 8. The minimum atomic E-state index is -0.0362. The molecule has 6 heteroatoms. The van der Waals surface area contributed by atoms with Gasteiger partial charge in [0.1, 0.15) is 11.6 Å². The molecule has 3 aromatic rings. The summed E-state index contributed by atoms with van der Waals surface area (Å²) in [5, 5.41) is 3.10. The normalized spacial score (nSPS) is 14.9. The molecule has 6 nitrogen and oxygen atoms in total. The van der Waals surface area contributed by atoms with Gasteiger partial charge < -0.3 is 14.6 Å². The van der Waals surface area contributed by atoms with E-state index in [-0.39, 0.29) is 5.91 Å². The molecule has 0 aliphatic carbocycles. The fraction of sp³-hybridized carbons (Fsp3) is 0.500. The van der Waals surface area contributed by atoms with E-state index in [4.69, 9.17) is 4.74 Å². The highest BCUT2D eigenvalue weighted by molar-refractivity contribution is 5.94. The summed E-state index contributed by atoms with van der Waals surface area (Å²) >= 11 is 0. The first-order valence-electron chi connectivity index (χ1n) is 14.4. The van der Waals surface area contributed by atoms with Gasteiger partial charge in [0.05, 0.1) is 6.61 Å². The second-order valence-electron chi connectivity index (χ2n) is 10.7. The van der Waals surface area contributed by atoms with Crippen molar-refractivity contribution in [2.75, 3.05) is 26.2 Å². The lowest BCUT2D eigenvalue weighted by Gasteiger charge is -2.22. The lowest BCUT2D eigenvalue weighted by atomic mass is 9.99. The molecule has 1 aliphatic heterocycles. The molecule has 2 aromatic carbocycles. The van der Waals surface area contributed by atoms with Gasteiger partial charge in [0.15, 0.2) is 0 Å². The Morgan fingerprint density at radius 3 is 2.79 bits per heavy atom. The van der Waals surface area contributed by atoms with E-state index >= 15 is 0 Å². The van der Waals surface area contributed by atoms with Crippen molar-refractivity contribution in [2.24, 2.45) is 0 Å². The molecule has 0 unspecified atom stereocenters. The molecule has 1 aliphatic rings. The Hall–Kier alpha value is -3.12. The lowest BCUT2D eigenvalue weighted by molar-refractivity contribution is 0.0952. The first-order valence-corrected chi connectivity index (χ1v) is 14.4. The van der Waals surface area contributed by atoms with Crippen LogP contribution >= 0.6 is 0 Å². The van der Waals surface area contributed by atoms with Crippen molar-refractivity contribution in [3.05, 3.63) is 82.9 Å². The first-order chi connectivity index (χ1) is 18.5. The zero-order chi connectivity index (χ0) is 26.7. The van der Waals surface area contributed by atoms with Gasteiger partial charge in [0.25, 0.3) is 5.91 Å². The van der Waals surface area contributed by atoms with Crippen molar-refractivity contribution < 1.29 is 9.53 Å². The predicted octanol–water partition coefficient (Wildman–Crippen LogP) is 6.19. The molecule has 0 fully saturated rings. The number of benzene rings is 2. The van der Waals surface area contributed by atoms with E-state index in [2.05, 4.69) is 64.8 Å². The summed E-state index contributed by atoms with van der Waals surface area (Å²) in [5.74, 6) is 2.33. The molecule has 1 aromatic heterocycles. The number of fused-ring (bicyclic) bond motifs is 3. The molecular formula is C32H44N4O2. The highest BCUT2D eigenvalue weighted by atomic mass is 16.5. The molecule has 0 radical (unpaired) electrons. The fourth-order valence-corrected chi connectivity index (χ4v) is 5.26. The van der Waals surface area contributed by atoms with E-state index in [1.165, 1.54) is 24.0 Å². The van der Waals surface area contributed by atoms with Gasteiger partial charge in [-0.05, 0) is 80.1 Å². The van der Waals surface area contributed by atoms with E-state index < -0.39 is 0 Å². The zero-order valence-electron chi connectivity index (χ0n) is 23.4. The number of aryl methyl sites for hydroxylation is 1. The summed E-state index contributed by atoms with van der Waals surface area (Å²) in [5.41, 5.74) is 4.35. The van der Waals surface area contributed by atoms with Gasteiger partial charge in [-0.25, -0.2) is 4.98 Å². The van der Waals surface area contributed by atoms with Crippen molar-refractivity contribution >= 4 is 5.91 Å². The summed E-state index contributed by atoms with van der Waals surface area (Å²) in [7, 11) is 0. The Kier molecular flexibility index (Phi) is 10.4. The molecule has 2 bridgehead atoms. The van der Waals surface area contributed by atoms with Gasteiger partial charge in [0.2, 0.25) is 0 Å². The number of imidazole rings is 1. The number of nitrogens with one attached hydrogen (secondary N) is 1. The molecule has 0 saturated heterocycles. The van der Waals surface area contributed by atoms with Crippen LogP contribution in [0.5, 0.6) is 5.75 Å². The first kappa shape index (κ1) is 27.9. The van der Waals surface area contributed by atoms with Crippen molar-refractivity contribution in [1.82, 2.24) is 19.8 Å². The maximum Gasteiger partial charge on any atom is 0.251 e. The Bertz CT molecular complexity index is 1170. The second-order valence-corrected chi connectivity index (χ2v) is 10.7. The molecular weight excluding hydrogens is 472 g/mol. The fourth-order valence-electron chi connectivity index (χ4n) is 5.26. The smallest absolute Gasteiger partial charge is 0.251 e. The average molecular weight is 517 g/mol. The number of aromatic nitrogens is 2. The number of ether oxygens (including phenoxy) is 1. The lowest BCUT2D eigenvalue weighted by Crippen LogP contribution is -2.26. The van der Waals surface area contributed by atoms with E-state index in [9.17, 15) is 4.79 Å². The van der Waals surface area contributed by atoms with Crippen LogP contribution in [0.4, 0.5) is 0 Å². The quantitative estimate of drug-likeness (QED) is 0.363. The van der Waals surface area contributed by atoms with Crippen LogP contribution in [-0.4, -0.2) is 46.6 Å². The Balaban J connectivity index is 1.44. The number of carbonyl (C=O) groups excluding carboxylic acids is 1. The standard InChI is InChI=1S/C32H44N4O2/c1-4-16-35-17-6-5-7-20-38-30-13-12-28(23-29(30)22-26-10-8-11-27(21-26)24-35)32(37)34-14-9-18-36-19-15-33-31(36)25(2)3/h8,10-13,15,19,21,23,25H,4-7,9,14,16-18,20,22,24H2,1-3H3,(H,34,37). The molecule has 0 atom stereocenters. The second kappa shape index (κ2) is 14.1. The summed E-state index contributed by atoms with van der Waals surface area (Å²) in [4.78, 5) is 20.0. The van der Waals surface area contributed by atoms with Crippen LogP contribution in [0.1, 0.15) is 91.7 Å². The maximum absolute atomic E-state index is 13.0. The summed E-state index contributed by atoms with van der Waals surface area (Å²) < 4.78 is 8.41. The summed E-state index contributed by atoms with van der Waals surface area (Å²) in [6.45, 7) is 12.0. The van der Waals surface area contributed by atoms with Crippen molar-refractivity contribution in [3.8, 4) is 5.75 Å². The van der Waals surface area contributed by atoms with E-state index in [0.717, 1.165) is 69.0 Å². The van der Waals surface area contributed by atoms with Gasteiger partial charge in [-0.15, -0.1) is 0 Å². The van der Waals surface area contributed by atoms with Gasteiger partial charge in [-0.2, -0.15) is 0 Å². The summed E-state index contributed by atoms with van der Waals surface area (Å²) in [6.07, 6.45) is 10.0. The van der Waals surface area contributed by atoms with Gasteiger partial charge in [-0.1, -0.05) is 45.0 Å². The van der Waals surface area contributed by atoms with Crippen LogP contribution in [0.3, 0.4) is 0 Å². The van der Waals surface area contributed by atoms with Crippen molar-refractivity contribution in [1.29, 1.82) is 0 Å². The van der Waals surface area contributed by atoms with Gasteiger partial charge in [-0.3, -0.25) is 9.69 Å². The van der Waals surface area contributed by atoms with Gasteiger partial charge in [0, 0.05) is 49.9 Å². The summed E-state index contributed by atoms with van der Waals surface area (Å²) in [6, 6.07) is 14.8. The van der Waals surface area contributed by atoms with Crippen molar-refractivity contribution in [2.45, 2.75) is 78.3 Å². The molecule has 2 heterocycles. The third kappa shape index (κ3) is 7.94. The molecule has 1 amide bonds. The SMILES string of the molecule is CCCN1CCCCCOc2ccc(C(=O)NCCCn3ccnc3C(C)C)cc2Cc2cccc(c2)C1. The largest absolute Gasteiger partial charge is 0.493 e. The minimum Gasteiger partial charge on any atom is -0.493 e. The molecule has 0 saturated carbocycles. The van der Waals surface area contributed by atoms with Crippen LogP contribution in [0, 0.1) is 0 Å². The highest BCUT2D eigenvalue weighted by Gasteiger charge is 2.14. The Morgan fingerprint density at radius 2 is 1.95 bits per heavy atom. The number of hydrogen-bond acceptors (Lipinski definition) is 4. The van der Waals surface area contributed by atoms with Gasteiger partial charge >= 0.3 is 0 Å². The van der Waals surface area contributed by atoms with Crippen molar-refractivity contribution in [3.63, 3.8) is 0 Å². The van der Waals surface area contributed by atoms with Crippen LogP contribution in [-0.2, 0) is 19.5 Å². The highest BCUT2D eigenvalue weighted by Crippen LogP contribution is 2.25. The van der Waals surface area contributed by atoms with Crippen LogP contribution in [0.25, 0.3) is 0 Å². The Morgan fingerprint density at radius 1 is 1.08 bits per heavy atom. The minimum absolute atomic E-state index is 0.0362. The average Bonchev–Trinajstić information content (AvgIpc) is 3.38. The Labute approximate surface area is 228 Å². The van der Waals surface area contributed by atoms with Crippen LogP contribution < -0.4 is 10.1 Å². The maximum atomic E-state index is 13.0. The molecule has 38 heavy (non-hydrogen) atoms. The topological polar surface area (TPSA) is 59.4 Å². The molecule has 4 rings (SSSR count). The van der Waals surface area contributed by atoms with E-state index in [0.29, 0.717) is 24.6 Å². The van der Waals surface area contributed by atoms with E-state index in [1.54, 1.807) is 0 Å². The third-order valence-corrected chi connectivity index (χ3v) is 7.16. The number of carbonyl (C=O) groups is 1. The number of hydrogen-bond donors (Lipinski definition) is 1. The van der Waals surface area contributed by atoms with Crippen LogP contribution in [0.15, 0.2) is 54.9 Å². The number of amides is 1. The number of nitrogens with zero attached hydrogens (tertiary/aromatic N) is 3. The molecule has 1 N–H and O–H groups in total.